The van der Waals surface area contributed by atoms with E-state index in [1.54, 1.807) is 0 Å². The van der Waals surface area contributed by atoms with E-state index in [0.29, 0.717) is 4.90 Å². The molecule has 0 aromatic carbocycles. The number of nitrogens with one attached hydrogen (secondary N) is 1. The molecule has 2 amide bonds. The molecule has 0 bridgehead atoms. The van der Waals surface area contributed by atoms with Gasteiger partial charge in [0, 0.05) is 19.5 Å². The van der Waals surface area contributed by atoms with Crippen molar-refractivity contribution in [3.05, 3.63) is 29.1 Å². The number of piperidine rings is 1. The lowest BCUT2D eigenvalue weighted by Crippen LogP contribution is -2.58. The Labute approximate surface area is 142 Å². The number of halogens is 3. The van der Waals surface area contributed by atoms with E-state index >= 15 is 0 Å². The molecule has 0 spiro atoms. The number of pyridine rings is 1. The summed E-state index contributed by atoms with van der Waals surface area (Å²) in [4.78, 5) is 28.4. The largest absolute Gasteiger partial charge is 0.408 e. The Morgan fingerprint density at radius 2 is 2.04 bits per heavy atom. The van der Waals surface area contributed by atoms with Crippen molar-refractivity contribution in [3.63, 3.8) is 0 Å². The third-order valence-electron chi connectivity index (χ3n) is 4.05. The number of carbonyl (C=O) groups is 2. The van der Waals surface area contributed by atoms with Gasteiger partial charge in [0.05, 0.1) is 11.3 Å². The molecule has 2 rings (SSSR count). The Morgan fingerprint density at radius 3 is 2.56 bits per heavy atom. The van der Waals surface area contributed by atoms with Crippen LogP contribution in [0.5, 0.6) is 0 Å². The minimum Gasteiger partial charge on any atom is -0.352 e. The predicted molar refractivity (Wildman–Crippen MR) is 81.4 cm³/mol. The molecule has 134 valence electrons. The fourth-order valence-electron chi connectivity index (χ4n) is 2.89. The first-order chi connectivity index (χ1) is 11.6. The van der Waals surface area contributed by atoms with Crippen molar-refractivity contribution in [3.8, 4) is 6.07 Å². The molecule has 1 fully saturated rings. The van der Waals surface area contributed by atoms with Crippen LogP contribution in [0.2, 0.25) is 0 Å². The SMILES string of the molecule is CC(=O)N[C@@H]1CC[C@H](C(F)(F)F)N(C(=O)c2ccc(C#N)c(C)n2)C1. The van der Waals surface area contributed by atoms with Gasteiger partial charge in [0.25, 0.3) is 5.91 Å². The quantitative estimate of drug-likeness (QED) is 0.879. The van der Waals surface area contributed by atoms with Gasteiger partial charge in [0.1, 0.15) is 17.8 Å². The maximum atomic E-state index is 13.3. The highest BCUT2D eigenvalue weighted by Gasteiger charge is 2.48. The third-order valence-corrected chi connectivity index (χ3v) is 4.05. The van der Waals surface area contributed by atoms with Crippen molar-refractivity contribution < 1.29 is 22.8 Å². The first kappa shape index (κ1) is 18.7. The van der Waals surface area contributed by atoms with E-state index in [2.05, 4.69) is 10.3 Å². The normalized spacial score (nSPS) is 20.7. The molecule has 1 saturated heterocycles. The first-order valence-corrected chi connectivity index (χ1v) is 7.66. The number of nitriles is 1. The van der Waals surface area contributed by atoms with E-state index in [-0.39, 0.29) is 42.2 Å². The summed E-state index contributed by atoms with van der Waals surface area (Å²) in [5, 5.41) is 11.4. The van der Waals surface area contributed by atoms with E-state index in [0.717, 1.165) is 0 Å². The number of likely N-dealkylation sites (tertiary alicyclic amines) is 1. The van der Waals surface area contributed by atoms with Crippen LogP contribution >= 0.6 is 0 Å². The van der Waals surface area contributed by atoms with E-state index < -0.39 is 24.2 Å². The van der Waals surface area contributed by atoms with Crippen molar-refractivity contribution >= 4 is 11.8 Å². The fourth-order valence-corrected chi connectivity index (χ4v) is 2.89. The molecule has 2 atom stereocenters. The van der Waals surface area contributed by atoms with E-state index in [9.17, 15) is 22.8 Å². The summed E-state index contributed by atoms with van der Waals surface area (Å²) >= 11 is 0. The van der Waals surface area contributed by atoms with Crippen molar-refractivity contribution in [2.75, 3.05) is 6.54 Å². The van der Waals surface area contributed by atoms with E-state index in [1.807, 2.05) is 6.07 Å². The minimum atomic E-state index is -4.57. The van der Waals surface area contributed by atoms with Gasteiger partial charge >= 0.3 is 6.18 Å². The van der Waals surface area contributed by atoms with Crippen molar-refractivity contribution in [2.24, 2.45) is 0 Å². The van der Waals surface area contributed by atoms with Gasteiger partial charge in [0.15, 0.2) is 0 Å². The second-order valence-corrected chi connectivity index (χ2v) is 5.93. The molecule has 1 aromatic heterocycles. The zero-order valence-corrected chi connectivity index (χ0v) is 13.7. The van der Waals surface area contributed by atoms with Crippen LogP contribution in [0, 0.1) is 18.3 Å². The van der Waals surface area contributed by atoms with Crippen LogP contribution in [0.1, 0.15) is 41.5 Å². The summed E-state index contributed by atoms with van der Waals surface area (Å²) < 4.78 is 39.9. The van der Waals surface area contributed by atoms with Crippen molar-refractivity contribution in [2.45, 2.75) is 44.9 Å². The predicted octanol–water partition coefficient (Wildman–Crippen LogP) is 1.93. The molecule has 1 aromatic rings. The van der Waals surface area contributed by atoms with Crippen LogP contribution < -0.4 is 5.32 Å². The van der Waals surface area contributed by atoms with Crippen LogP contribution in [0.3, 0.4) is 0 Å². The van der Waals surface area contributed by atoms with Crippen LogP contribution in [0.4, 0.5) is 13.2 Å². The molecule has 1 N–H and O–H groups in total. The molecule has 0 aliphatic carbocycles. The maximum Gasteiger partial charge on any atom is 0.408 e. The molecule has 1 aliphatic heterocycles. The smallest absolute Gasteiger partial charge is 0.352 e. The number of rotatable bonds is 2. The molecule has 0 unspecified atom stereocenters. The van der Waals surface area contributed by atoms with Crippen LogP contribution in [0.15, 0.2) is 12.1 Å². The average molecular weight is 354 g/mol. The molecular formula is C16H17F3N4O2. The van der Waals surface area contributed by atoms with E-state index in [1.165, 1.54) is 26.0 Å². The highest BCUT2D eigenvalue weighted by Crippen LogP contribution is 2.32. The first-order valence-electron chi connectivity index (χ1n) is 7.66. The number of aryl methyl sites for hydroxylation is 1. The van der Waals surface area contributed by atoms with Crippen molar-refractivity contribution in [1.29, 1.82) is 5.26 Å². The number of hydrogen-bond acceptors (Lipinski definition) is 4. The molecule has 25 heavy (non-hydrogen) atoms. The fraction of sp³-hybridized carbons (Fsp3) is 0.500. The molecule has 1 aliphatic rings. The zero-order valence-electron chi connectivity index (χ0n) is 13.7. The van der Waals surface area contributed by atoms with Gasteiger partial charge in [-0.05, 0) is 31.9 Å². The summed E-state index contributed by atoms with van der Waals surface area (Å²) in [7, 11) is 0. The topological polar surface area (TPSA) is 86.1 Å². The van der Waals surface area contributed by atoms with Gasteiger partial charge in [0.2, 0.25) is 5.91 Å². The molecule has 2 heterocycles. The molecule has 9 heteroatoms. The lowest BCUT2D eigenvalue weighted by molar-refractivity contribution is -0.184. The van der Waals surface area contributed by atoms with Gasteiger partial charge in [-0.25, -0.2) is 4.98 Å². The highest BCUT2D eigenvalue weighted by molar-refractivity contribution is 5.93. The van der Waals surface area contributed by atoms with Gasteiger partial charge in [-0.1, -0.05) is 0 Å². The van der Waals surface area contributed by atoms with Gasteiger partial charge in [-0.15, -0.1) is 0 Å². The number of aromatic nitrogens is 1. The van der Waals surface area contributed by atoms with E-state index in [4.69, 9.17) is 5.26 Å². The Hall–Kier alpha value is -2.63. The Kier molecular flexibility index (Phi) is 5.30. The lowest BCUT2D eigenvalue weighted by atomic mass is 9.97. The third kappa shape index (κ3) is 4.26. The summed E-state index contributed by atoms with van der Waals surface area (Å²) in [5.74, 6) is -1.24. The molecule has 0 saturated carbocycles. The van der Waals surface area contributed by atoms with Crippen LogP contribution in [-0.4, -0.2) is 46.5 Å². The lowest BCUT2D eigenvalue weighted by Gasteiger charge is -2.40. The van der Waals surface area contributed by atoms with Crippen LogP contribution in [-0.2, 0) is 4.79 Å². The Morgan fingerprint density at radius 1 is 1.36 bits per heavy atom. The molecule has 6 nitrogen and oxygen atoms in total. The van der Waals surface area contributed by atoms with Gasteiger partial charge in [-0.2, -0.15) is 18.4 Å². The summed E-state index contributed by atoms with van der Waals surface area (Å²) in [6, 6.07) is 2.01. The monoisotopic (exact) mass is 354 g/mol. The standard InChI is InChI=1S/C16H17F3N4O2/c1-9-11(7-20)3-5-13(21-9)15(25)23-8-12(22-10(2)24)4-6-14(23)16(17,18)19/h3,5,12,14H,4,6,8H2,1-2H3,(H,22,24)/t12-,14-/m1/s1. The Balaban J connectivity index is 2.31. The van der Waals surface area contributed by atoms with Crippen molar-refractivity contribution in [1.82, 2.24) is 15.2 Å². The minimum absolute atomic E-state index is 0.132. The second kappa shape index (κ2) is 7.09. The molecule has 0 radical (unpaired) electrons. The summed E-state index contributed by atoms with van der Waals surface area (Å²) in [6.45, 7) is 2.53. The zero-order chi connectivity index (χ0) is 18.8. The van der Waals surface area contributed by atoms with Crippen LogP contribution in [0.25, 0.3) is 0 Å². The maximum absolute atomic E-state index is 13.3. The second-order valence-electron chi connectivity index (χ2n) is 5.93. The average Bonchev–Trinajstić information content (AvgIpc) is 2.52. The summed E-state index contributed by atoms with van der Waals surface area (Å²) in [5.41, 5.74) is 0.361. The van der Waals surface area contributed by atoms with Gasteiger partial charge in [-0.3, -0.25) is 9.59 Å². The number of nitrogens with zero attached hydrogens (tertiary/aromatic N) is 3. The molecular weight excluding hydrogens is 337 g/mol. The highest BCUT2D eigenvalue weighted by atomic mass is 19.4. The summed E-state index contributed by atoms with van der Waals surface area (Å²) in [6.07, 6.45) is -4.73. The number of amides is 2. The number of alkyl halides is 3. The Bertz CT molecular complexity index is 727. The number of carbonyl (C=O) groups excluding carboxylic acids is 2. The van der Waals surface area contributed by atoms with Gasteiger partial charge < -0.3 is 10.2 Å². The number of hydrogen-bond donors (Lipinski definition) is 1.